The Bertz CT molecular complexity index is 518. The van der Waals surface area contributed by atoms with E-state index in [0.717, 1.165) is 24.8 Å². The van der Waals surface area contributed by atoms with Crippen LogP contribution in [-0.2, 0) is 12.8 Å². The van der Waals surface area contributed by atoms with E-state index in [1.54, 1.807) is 0 Å². The van der Waals surface area contributed by atoms with Gasteiger partial charge >= 0.3 is 0 Å². The van der Waals surface area contributed by atoms with Crippen molar-refractivity contribution in [2.24, 2.45) is 5.92 Å². The van der Waals surface area contributed by atoms with Gasteiger partial charge < -0.3 is 5.11 Å². The molecule has 0 aromatic heterocycles. The molecule has 0 heterocycles. The number of aryl methyl sites for hydroxylation is 1. The molecular weight excluding hydrogens is 220 g/mol. The van der Waals surface area contributed by atoms with Crippen LogP contribution in [0.3, 0.4) is 0 Å². The largest absolute Gasteiger partial charge is 0.388 e. The van der Waals surface area contributed by atoms with Gasteiger partial charge in [-0.05, 0) is 41.9 Å². The summed E-state index contributed by atoms with van der Waals surface area (Å²) >= 11 is 0. The van der Waals surface area contributed by atoms with Crippen LogP contribution in [-0.4, -0.2) is 5.11 Å². The van der Waals surface area contributed by atoms with Gasteiger partial charge in [0.2, 0.25) is 0 Å². The van der Waals surface area contributed by atoms with Crippen molar-refractivity contribution in [3.63, 3.8) is 0 Å². The van der Waals surface area contributed by atoms with Gasteiger partial charge in [0.25, 0.3) is 0 Å². The summed E-state index contributed by atoms with van der Waals surface area (Å²) in [7, 11) is 0. The lowest BCUT2D eigenvalue weighted by molar-refractivity contribution is 0.0936. The minimum absolute atomic E-state index is 0.310. The van der Waals surface area contributed by atoms with Crippen molar-refractivity contribution in [1.29, 1.82) is 0 Å². The molecule has 1 aliphatic rings. The molecule has 0 fully saturated rings. The average molecular weight is 238 g/mol. The molecule has 0 saturated heterocycles. The molecule has 0 amide bonds. The van der Waals surface area contributed by atoms with Gasteiger partial charge in [-0.25, -0.2) is 0 Å². The molecular formula is C17H18O. The quantitative estimate of drug-likeness (QED) is 0.848. The minimum Gasteiger partial charge on any atom is -0.388 e. The first kappa shape index (κ1) is 11.5. The summed E-state index contributed by atoms with van der Waals surface area (Å²) in [5.74, 6) is 0.349. The van der Waals surface area contributed by atoms with Gasteiger partial charge in [-0.15, -0.1) is 0 Å². The van der Waals surface area contributed by atoms with Crippen molar-refractivity contribution in [2.45, 2.75) is 25.4 Å². The molecule has 0 saturated carbocycles. The fourth-order valence-electron chi connectivity index (χ4n) is 2.93. The Morgan fingerprint density at radius 3 is 2.50 bits per heavy atom. The van der Waals surface area contributed by atoms with E-state index in [2.05, 4.69) is 42.5 Å². The molecule has 1 N–H and O–H groups in total. The Balaban J connectivity index is 1.81. The number of aliphatic hydroxyl groups is 1. The van der Waals surface area contributed by atoms with Crippen LogP contribution in [0.5, 0.6) is 0 Å². The molecule has 1 nitrogen and oxygen atoms in total. The molecule has 2 aromatic carbocycles. The predicted molar refractivity (Wildman–Crippen MR) is 73.4 cm³/mol. The summed E-state index contributed by atoms with van der Waals surface area (Å²) in [6.45, 7) is 0. The topological polar surface area (TPSA) is 20.2 Å². The standard InChI is InChI=1S/C17H18O/c18-17-15(12-13-6-2-1-3-7-13)11-10-14-8-4-5-9-16(14)17/h1-9,15,17-18H,10-12H2/t15-,17+/m0/s1. The van der Waals surface area contributed by atoms with Crippen LogP contribution < -0.4 is 0 Å². The van der Waals surface area contributed by atoms with Crippen LogP contribution in [0, 0.1) is 5.92 Å². The van der Waals surface area contributed by atoms with E-state index in [1.165, 1.54) is 11.1 Å². The number of hydrogen-bond donors (Lipinski definition) is 1. The third-order valence-electron chi connectivity index (χ3n) is 3.95. The Hall–Kier alpha value is -1.60. The van der Waals surface area contributed by atoms with Crippen molar-refractivity contribution in [3.05, 3.63) is 71.3 Å². The van der Waals surface area contributed by atoms with Crippen LogP contribution in [0.15, 0.2) is 54.6 Å². The molecule has 0 unspecified atom stereocenters. The Morgan fingerprint density at radius 1 is 0.944 bits per heavy atom. The van der Waals surface area contributed by atoms with Crippen molar-refractivity contribution >= 4 is 0 Å². The highest BCUT2D eigenvalue weighted by Gasteiger charge is 2.27. The van der Waals surface area contributed by atoms with Gasteiger partial charge in [0.05, 0.1) is 6.10 Å². The molecule has 0 aliphatic heterocycles. The smallest absolute Gasteiger partial charge is 0.0824 e. The normalized spacial score (nSPS) is 22.5. The lowest BCUT2D eigenvalue weighted by atomic mass is 9.78. The van der Waals surface area contributed by atoms with Crippen LogP contribution in [0.2, 0.25) is 0 Å². The van der Waals surface area contributed by atoms with Crippen molar-refractivity contribution in [3.8, 4) is 0 Å². The first-order valence-corrected chi connectivity index (χ1v) is 6.64. The fourth-order valence-corrected chi connectivity index (χ4v) is 2.93. The van der Waals surface area contributed by atoms with Gasteiger partial charge in [0.1, 0.15) is 0 Å². The molecule has 3 rings (SSSR count). The minimum atomic E-state index is -0.310. The maximum absolute atomic E-state index is 10.5. The average Bonchev–Trinajstić information content (AvgIpc) is 2.43. The van der Waals surface area contributed by atoms with Crippen LogP contribution >= 0.6 is 0 Å². The van der Waals surface area contributed by atoms with E-state index in [1.807, 2.05) is 12.1 Å². The zero-order valence-corrected chi connectivity index (χ0v) is 10.4. The highest BCUT2D eigenvalue weighted by Crippen LogP contribution is 2.36. The van der Waals surface area contributed by atoms with Gasteiger partial charge in [-0.3, -0.25) is 0 Å². The summed E-state index contributed by atoms with van der Waals surface area (Å²) in [5, 5.41) is 10.5. The molecule has 92 valence electrons. The van der Waals surface area contributed by atoms with Crippen LogP contribution in [0.25, 0.3) is 0 Å². The third kappa shape index (κ3) is 2.19. The highest BCUT2D eigenvalue weighted by atomic mass is 16.3. The zero-order chi connectivity index (χ0) is 12.4. The predicted octanol–water partition coefficient (Wildman–Crippen LogP) is 3.53. The van der Waals surface area contributed by atoms with Gasteiger partial charge in [-0.1, -0.05) is 54.6 Å². The van der Waals surface area contributed by atoms with Crippen LogP contribution in [0.4, 0.5) is 0 Å². The Labute approximate surface area is 108 Å². The number of benzene rings is 2. The Morgan fingerprint density at radius 2 is 1.67 bits per heavy atom. The number of aliphatic hydroxyl groups excluding tert-OH is 1. The molecule has 2 aromatic rings. The molecule has 0 bridgehead atoms. The monoisotopic (exact) mass is 238 g/mol. The van der Waals surface area contributed by atoms with Gasteiger partial charge in [0, 0.05) is 0 Å². The van der Waals surface area contributed by atoms with Gasteiger partial charge in [-0.2, -0.15) is 0 Å². The highest BCUT2D eigenvalue weighted by molar-refractivity contribution is 5.32. The lowest BCUT2D eigenvalue weighted by Crippen LogP contribution is -2.22. The summed E-state index contributed by atoms with van der Waals surface area (Å²) in [6.07, 6.45) is 2.82. The summed E-state index contributed by atoms with van der Waals surface area (Å²) in [6, 6.07) is 18.7. The molecule has 1 heteroatoms. The second-order valence-corrected chi connectivity index (χ2v) is 5.13. The first-order chi connectivity index (χ1) is 8.84. The maximum atomic E-state index is 10.5. The molecule has 0 radical (unpaired) electrons. The third-order valence-corrected chi connectivity index (χ3v) is 3.95. The van der Waals surface area contributed by atoms with Crippen molar-refractivity contribution < 1.29 is 5.11 Å². The van der Waals surface area contributed by atoms with Crippen molar-refractivity contribution in [2.75, 3.05) is 0 Å². The fraction of sp³-hybridized carbons (Fsp3) is 0.294. The van der Waals surface area contributed by atoms with E-state index in [4.69, 9.17) is 0 Å². The summed E-state index contributed by atoms with van der Waals surface area (Å²) in [5.41, 5.74) is 3.76. The van der Waals surface area contributed by atoms with E-state index < -0.39 is 0 Å². The summed E-state index contributed by atoms with van der Waals surface area (Å²) in [4.78, 5) is 0. The number of hydrogen-bond acceptors (Lipinski definition) is 1. The number of fused-ring (bicyclic) bond motifs is 1. The molecule has 18 heavy (non-hydrogen) atoms. The first-order valence-electron chi connectivity index (χ1n) is 6.64. The molecule has 1 aliphatic carbocycles. The van der Waals surface area contributed by atoms with E-state index >= 15 is 0 Å². The SMILES string of the molecule is O[C@H]1c2ccccc2CC[C@H]1Cc1ccccc1. The Kier molecular flexibility index (Phi) is 3.16. The van der Waals surface area contributed by atoms with Gasteiger partial charge in [0.15, 0.2) is 0 Å². The summed E-state index contributed by atoms with van der Waals surface area (Å²) < 4.78 is 0. The zero-order valence-electron chi connectivity index (χ0n) is 10.4. The molecule has 0 spiro atoms. The lowest BCUT2D eigenvalue weighted by Gasteiger charge is -2.30. The van der Waals surface area contributed by atoms with Crippen molar-refractivity contribution in [1.82, 2.24) is 0 Å². The molecule has 2 atom stereocenters. The number of rotatable bonds is 2. The second-order valence-electron chi connectivity index (χ2n) is 5.13. The maximum Gasteiger partial charge on any atom is 0.0824 e. The second kappa shape index (κ2) is 4.95. The van der Waals surface area contributed by atoms with E-state index in [9.17, 15) is 5.11 Å². The van der Waals surface area contributed by atoms with E-state index in [-0.39, 0.29) is 6.10 Å². The van der Waals surface area contributed by atoms with E-state index in [0.29, 0.717) is 5.92 Å². The van der Waals surface area contributed by atoms with Crippen LogP contribution in [0.1, 0.15) is 29.2 Å².